The van der Waals surface area contributed by atoms with Gasteiger partial charge in [0.25, 0.3) is 5.91 Å². The van der Waals surface area contributed by atoms with Gasteiger partial charge in [-0.25, -0.2) is 0 Å². The quantitative estimate of drug-likeness (QED) is 0.501. The second kappa shape index (κ2) is 10.8. The van der Waals surface area contributed by atoms with Gasteiger partial charge < -0.3 is 14.8 Å². The third-order valence-electron chi connectivity index (χ3n) is 3.58. The van der Waals surface area contributed by atoms with Gasteiger partial charge in [0.05, 0.1) is 12.4 Å². The molecule has 1 amide bonds. The Labute approximate surface area is 168 Å². The van der Waals surface area contributed by atoms with Gasteiger partial charge in [0.15, 0.2) is 6.10 Å². The zero-order valence-corrected chi connectivity index (χ0v) is 16.8. The Balaban J connectivity index is 1.74. The van der Waals surface area contributed by atoms with Crippen molar-refractivity contribution in [1.29, 1.82) is 0 Å². The summed E-state index contributed by atoms with van der Waals surface area (Å²) in [6.45, 7) is 4.35. The van der Waals surface area contributed by atoms with Crippen LogP contribution in [0.1, 0.15) is 19.4 Å². The van der Waals surface area contributed by atoms with Crippen LogP contribution in [0, 0.1) is 0 Å². The number of benzene rings is 2. The molecular formula is C20H22ClNO4S. The van der Waals surface area contributed by atoms with E-state index in [-0.39, 0.29) is 18.2 Å². The molecule has 0 fully saturated rings. The van der Waals surface area contributed by atoms with Gasteiger partial charge in [-0.3, -0.25) is 9.59 Å². The minimum absolute atomic E-state index is 0.121. The number of thioether (sulfide) groups is 1. The lowest BCUT2D eigenvalue weighted by Gasteiger charge is -2.14. The SMILES string of the molecule is CCOc1ccc(SCC(=O)O[C@H](C)C(=O)NCc2ccccc2Cl)cc1. The molecule has 0 aliphatic rings. The van der Waals surface area contributed by atoms with Crippen LogP contribution in [0.4, 0.5) is 0 Å². The highest BCUT2D eigenvalue weighted by Gasteiger charge is 2.18. The monoisotopic (exact) mass is 407 g/mol. The smallest absolute Gasteiger partial charge is 0.317 e. The van der Waals surface area contributed by atoms with Crippen molar-refractivity contribution in [2.24, 2.45) is 0 Å². The summed E-state index contributed by atoms with van der Waals surface area (Å²) in [6.07, 6.45) is -0.874. The normalized spacial score (nSPS) is 11.5. The Kier molecular flexibility index (Phi) is 8.48. The summed E-state index contributed by atoms with van der Waals surface area (Å²) in [5.74, 6) is 0.0905. The lowest BCUT2D eigenvalue weighted by Crippen LogP contribution is -2.35. The van der Waals surface area contributed by atoms with Crippen LogP contribution in [0.2, 0.25) is 5.02 Å². The van der Waals surface area contributed by atoms with Crippen LogP contribution in [0.25, 0.3) is 0 Å². The van der Waals surface area contributed by atoms with E-state index in [2.05, 4.69) is 5.32 Å². The van der Waals surface area contributed by atoms with Crippen LogP contribution >= 0.6 is 23.4 Å². The summed E-state index contributed by atoms with van der Waals surface area (Å²) in [5, 5.41) is 3.29. The van der Waals surface area contributed by atoms with E-state index in [4.69, 9.17) is 21.1 Å². The lowest BCUT2D eigenvalue weighted by molar-refractivity contribution is -0.152. The summed E-state index contributed by atoms with van der Waals surface area (Å²) >= 11 is 7.39. The van der Waals surface area contributed by atoms with Crippen LogP contribution in [-0.4, -0.2) is 30.3 Å². The van der Waals surface area contributed by atoms with E-state index in [1.165, 1.54) is 11.8 Å². The van der Waals surface area contributed by atoms with Gasteiger partial charge in [-0.15, -0.1) is 11.8 Å². The first-order chi connectivity index (χ1) is 13.0. The van der Waals surface area contributed by atoms with Crippen molar-refractivity contribution in [3.63, 3.8) is 0 Å². The standard InChI is InChI=1S/C20H22ClNO4S/c1-3-25-16-8-10-17(11-9-16)27-13-19(23)26-14(2)20(24)22-12-15-6-4-5-7-18(15)21/h4-11,14H,3,12-13H2,1-2H3,(H,22,24)/t14-/m1/s1. The molecule has 1 atom stereocenters. The molecule has 1 N–H and O–H groups in total. The molecule has 2 aromatic rings. The maximum absolute atomic E-state index is 12.1. The fraction of sp³-hybridized carbons (Fsp3) is 0.300. The van der Waals surface area contributed by atoms with Crippen molar-refractivity contribution < 1.29 is 19.1 Å². The highest BCUT2D eigenvalue weighted by atomic mass is 35.5. The fourth-order valence-corrected chi connectivity index (χ4v) is 3.08. The second-order valence-electron chi connectivity index (χ2n) is 5.63. The number of carbonyl (C=O) groups excluding carboxylic acids is 2. The Hall–Kier alpha value is -2.18. The van der Waals surface area contributed by atoms with E-state index in [1.54, 1.807) is 13.0 Å². The van der Waals surface area contributed by atoms with Crippen molar-refractivity contribution >= 4 is 35.2 Å². The third-order valence-corrected chi connectivity index (χ3v) is 4.93. The molecule has 0 spiro atoms. The number of halogens is 1. The Morgan fingerprint density at radius 3 is 2.52 bits per heavy atom. The molecule has 2 aromatic carbocycles. The molecule has 0 saturated heterocycles. The van der Waals surface area contributed by atoms with Crippen molar-refractivity contribution in [2.75, 3.05) is 12.4 Å². The highest BCUT2D eigenvalue weighted by molar-refractivity contribution is 8.00. The van der Waals surface area contributed by atoms with Gasteiger partial charge >= 0.3 is 5.97 Å². The van der Waals surface area contributed by atoms with Crippen LogP contribution in [0.3, 0.4) is 0 Å². The van der Waals surface area contributed by atoms with Crippen LogP contribution in [0.5, 0.6) is 5.75 Å². The van der Waals surface area contributed by atoms with E-state index in [0.29, 0.717) is 11.6 Å². The molecule has 144 valence electrons. The second-order valence-corrected chi connectivity index (χ2v) is 7.09. The molecule has 0 radical (unpaired) electrons. The average molecular weight is 408 g/mol. The maximum atomic E-state index is 12.1. The van der Waals surface area contributed by atoms with Crippen molar-refractivity contribution in [3.05, 3.63) is 59.1 Å². The van der Waals surface area contributed by atoms with Gasteiger partial charge in [0.1, 0.15) is 5.75 Å². The summed E-state index contributed by atoms with van der Waals surface area (Å²) in [4.78, 5) is 25.0. The highest BCUT2D eigenvalue weighted by Crippen LogP contribution is 2.21. The number of hydrogen-bond donors (Lipinski definition) is 1. The van der Waals surface area contributed by atoms with E-state index in [9.17, 15) is 9.59 Å². The molecular weight excluding hydrogens is 386 g/mol. The molecule has 5 nitrogen and oxygen atoms in total. The number of rotatable bonds is 9. The lowest BCUT2D eigenvalue weighted by atomic mass is 10.2. The molecule has 0 aromatic heterocycles. The van der Waals surface area contributed by atoms with Crippen molar-refractivity contribution in [2.45, 2.75) is 31.4 Å². The van der Waals surface area contributed by atoms with E-state index >= 15 is 0 Å². The van der Waals surface area contributed by atoms with Gasteiger partial charge in [0.2, 0.25) is 0 Å². The van der Waals surface area contributed by atoms with E-state index < -0.39 is 12.1 Å². The minimum atomic E-state index is -0.874. The number of hydrogen-bond acceptors (Lipinski definition) is 5. The summed E-state index contributed by atoms with van der Waals surface area (Å²) in [5.41, 5.74) is 0.803. The Morgan fingerprint density at radius 2 is 1.85 bits per heavy atom. The molecule has 0 saturated carbocycles. The first kappa shape index (κ1) is 21.1. The molecule has 2 rings (SSSR count). The maximum Gasteiger partial charge on any atom is 0.317 e. The predicted octanol–water partition coefficient (Wildman–Crippen LogP) is 4.08. The number of esters is 1. The molecule has 0 aliphatic carbocycles. The molecule has 0 aliphatic heterocycles. The van der Waals surface area contributed by atoms with Gasteiger partial charge in [-0.05, 0) is 49.7 Å². The zero-order chi connectivity index (χ0) is 19.6. The summed E-state index contributed by atoms with van der Waals surface area (Å²) in [6, 6.07) is 14.7. The fourth-order valence-electron chi connectivity index (χ4n) is 2.19. The topological polar surface area (TPSA) is 64.6 Å². The summed E-state index contributed by atoms with van der Waals surface area (Å²) < 4.78 is 10.6. The third kappa shape index (κ3) is 7.15. The van der Waals surface area contributed by atoms with Gasteiger partial charge in [-0.1, -0.05) is 29.8 Å². The van der Waals surface area contributed by atoms with Crippen molar-refractivity contribution in [1.82, 2.24) is 5.32 Å². The van der Waals surface area contributed by atoms with Gasteiger partial charge in [-0.2, -0.15) is 0 Å². The van der Waals surface area contributed by atoms with Crippen LogP contribution < -0.4 is 10.1 Å². The largest absolute Gasteiger partial charge is 0.494 e. The predicted molar refractivity (Wildman–Crippen MR) is 107 cm³/mol. The Morgan fingerprint density at radius 1 is 1.15 bits per heavy atom. The Bertz CT molecular complexity index is 767. The average Bonchev–Trinajstić information content (AvgIpc) is 2.66. The molecule has 7 heteroatoms. The van der Waals surface area contributed by atoms with E-state index in [0.717, 1.165) is 16.2 Å². The number of nitrogens with one attached hydrogen (secondary N) is 1. The first-order valence-electron chi connectivity index (χ1n) is 8.56. The molecule has 0 heterocycles. The molecule has 0 bridgehead atoms. The minimum Gasteiger partial charge on any atom is -0.494 e. The summed E-state index contributed by atoms with van der Waals surface area (Å²) in [7, 11) is 0. The number of amides is 1. The number of ether oxygens (including phenoxy) is 2. The van der Waals surface area contributed by atoms with Crippen LogP contribution in [0.15, 0.2) is 53.4 Å². The van der Waals surface area contributed by atoms with Gasteiger partial charge in [0, 0.05) is 16.5 Å². The van der Waals surface area contributed by atoms with Crippen LogP contribution in [-0.2, 0) is 20.9 Å². The zero-order valence-electron chi connectivity index (χ0n) is 15.2. The van der Waals surface area contributed by atoms with E-state index in [1.807, 2.05) is 49.4 Å². The molecule has 27 heavy (non-hydrogen) atoms. The molecule has 0 unspecified atom stereocenters. The van der Waals surface area contributed by atoms with Crippen molar-refractivity contribution in [3.8, 4) is 5.75 Å². The number of carbonyl (C=O) groups is 2. The first-order valence-corrected chi connectivity index (χ1v) is 9.92.